The minimum absolute atomic E-state index is 0.232. The van der Waals surface area contributed by atoms with Crippen molar-refractivity contribution in [2.45, 2.75) is 56.6 Å². The van der Waals surface area contributed by atoms with Gasteiger partial charge in [0.1, 0.15) is 30.5 Å². The summed E-state index contributed by atoms with van der Waals surface area (Å²) in [6, 6.07) is 28.8. The molecule has 3 N–H and O–H groups in total. The van der Waals surface area contributed by atoms with Crippen molar-refractivity contribution in [2.24, 2.45) is 0 Å². The van der Waals surface area contributed by atoms with Crippen LogP contribution in [0.4, 0.5) is 0 Å². The maximum Gasteiger partial charge on any atom is 0.184 e. The van der Waals surface area contributed by atoms with Gasteiger partial charge in [-0.1, -0.05) is 91.0 Å². The van der Waals surface area contributed by atoms with Crippen LogP contribution in [-0.4, -0.2) is 58.7 Å². The van der Waals surface area contributed by atoms with Crippen LogP contribution in [0.5, 0.6) is 0 Å². The summed E-state index contributed by atoms with van der Waals surface area (Å²) in [6.07, 6.45) is -6.16. The standard InChI is InChI=1S/C28H32O7/c29-16-23(30)24-25(32-17-20-10-4-1-5-11-20)26(33-18-21-12-6-2-7-13-21)27(28(31)35-24)34-19-22-14-8-3-9-15-22/h1-15,23-31H,16-19H2/t23-,24+,25+,26-,27-,28+/m0/s1. The molecule has 7 nitrogen and oxygen atoms in total. The molecule has 0 unspecified atom stereocenters. The molecule has 0 aromatic heterocycles. The van der Waals surface area contributed by atoms with Crippen molar-refractivity contribution in [1.29, 1.82) is 0 Å². The highest BCUT2D eigenvalue weighted by Crippen LogP contribution is 2.31. The molecule has 0 radical (unpaired) electrons. The van der Waals surface area contributed by atoms with Crippen LogP contribution in [0.3, 0.4) is 0 Å². The number of ether oxygens (including phenoxy) is 4. The molecule has 35 heavy (non-hydrogen) atoms. The quantitative estimate of drug-likeness (QED) is 0.388. The van der Waals surface area contributed by atoms with E-state index in [2.05, 4.69) is 0 Å². The Bertz CT molecular complexity index is 986. The molecular weight excluding hydrogens is 448 g/mol. The van der Waals surface area contributed by atoms with E-state index in [1.165, 1.54) is 0 Å². The minimum atomic E-state index is -1.39. The number of aliphatic hydroxyl groups is 3. The van der Waals surface area contributed by atoms with E-state index in [4.69, 9.17) is 18.9 Å². The van der Waals surface area contributed by atoms with Crippen molar-refractivity contribution < 1.29 is 34.3 Å². The zero-order valence-electron chi connectivity index (χ0n) is 19.4. The fourth-order valence-corrected chi connectivity index (χ4v) is 4.12. The first-order valence-electron chi connectivity index (χ1n) is 11.7. The fourth-order valence-electron chi connectivity index (χ4n) is 4.12. The van der Waals surface area contributed by atoms with E-state index < -0.39 is 43.4 Å². The molecule has 0 amide bonds. The lowest BCUT2D eigenvalue weighted by atomic mass is 9.94. The highest BCUT2D eigenvalue weighted by atomic mass is 16.7. The molecule has 1 aliphatic rings. The number of rotatable bonds is 11. The molecule has 1 aliphatic heterocycles. The van der Waals surface area contributed by atoms with Crippen molar-refractivity contribution in [2.75, 3.05) is 6.61 Å². The summed E-state index contributed by atoms with van der Waals surface area (Å²) < 4.78 is 24.3. The van der Waals surface area contributed by atoms with E-state index in [1.54, 1.807) is 0 Å². The van der Waals surface area contributed by atoms with Gasteiger partial charge in [0.05, 0.1) is 26.4 Å². The summed E-state index contributed by atoms with van der Waals surface area (Å²) in [5.41, 5.74) is 2.80. The van der Waals surface area contributed by atoms with E-state index >= 15 is 0 Å². The topological polar surface area (TPSA) is 97.6 Å². The third-order valence-corrected chi connectivity index (χ3v) is 5.97. The van der Waals surface area contributed by atoms with Gasteiger partial charge in [-0.25, -0.2) is 0 Å². The van der Waals surface area contributed by atoms with Gasteiger partial charge in [0.25, 0.3) is 0 Å². The predicted octanol–water partition coefficient (Wildman–Crippen LogP) is 2.81. The Morgan fingerprint density at radius 2 is 1.03 bits per heavy atom. The van der Waals surface area contributed by atoms with Gasteiger partial charge in [0.2, 0.25) is 0 Å². The zero-order valence-corrected chi connectivity index (χ0v) is 19.4. The van der Waals surface area contributed by atoms with Crippen molar-refractivity contribution in [3.8, 4) is 0 Å². The van der Waals surface area contributed by atoms with E-state index in [0.717, 1.165) is 16.7 Å². The van der Waals surface area contributed by atoms with E-state index in [9.17, 15) is 15.3 Å². The van der Waals surface area contributed by atoms with Gasteiger partial charge in [-0.2, -0.15) is 0 Å². The van der Waals surface area contributed by atoms with Gasteiger partial charge in [0, 0.05) is 0 Å². The first-order chi connectivity index (χ1) is 17.2. The van der Waals surface area contributed by atoms with Crippen LogP contribution in [0.15, 0.2) is 91.0 Å². The predicted molar refractivity (Wildman–Crippen MR) is 129 cm³/mol. The summed E-state index contributed by atoms with van der Waals surface area (Å²) in [4.78, 5) is 0. The molecule has 0 spiro atoms. The minimum Gasteiger partial charge on any atom is -0.394 e. The van der Waals surface area contributed by atoms with Gasteiger partial charge in [-0.05, 0) is 16.7 Å². The van der Waals surface area contributed by atoms with Gasteiger partial charge in [-0.3, -0.25) is 0 Å². The summed E-state index contributed by atoms with van der Waals surface area (Å²) in [6.45, 7) is 0.159. The highest BCUT2D eigenvalue weighted by molar-refractivity contribution is 5.15. The van der Waals surface area contributed by atoms with Gasteiger partial charge < -0.3 is 34.3 Å². The van der Waals surface area contributed by atoms with Crippen LogP contribution in [0, 0.1) is 0 Å². The number of aliphatic hydroxyl groups excluding tert-OH is 3. The first-order valence-corrected chi connectivity index (χ1v) is 11.7. The van der Waals surface area contributed by atoms with Gasteiger partial charge >= 0.3 is 0 Å². The number of benzene rings is 3. The van der Waals surface area contributed by atoms with Gasteiger partial charge in [0.15, 0.2) is 6.29 Å². The molecule has 1 saturated heterocycles. The third-order valence-electron chi connectivity index (χ3n) is 5.97. The SMILES string of the molecule is OC[C@H](O)[C@H]1O[C@@H](O)[C@@H](OCc2ccccc2)[C@@H](OCc2ccccc2)[C@@H]1OCc1ccccc1. The van der Waals surface area contributed by atoms with Crippen molar-refractivity contribution in [3.05, 3.63) is 108 Å². The lowest BCUT2D eigenvalue weighted by Crippen LogP contribution is -2.63. The normalized spacial score (nSPS) is 25.3. The molecule has 186 valence electrons. The molecule has 3 aromatic carbocycles. The zero-order chi connectivity index (χ0) is 24.5. The van der Waals surface area contributed by atoms with Crippen molar-refractivity contribution in [3.63, 3.8) is 0 Å². The van der Waals surface area contributed by atoms with E-state index in [1.807, 2.05) is 91.0 Å². The molecular formula is C28H32O7. The van der Waals surface area contributed by atoms with Crippen LogP contribution < -0.4 is 0 Å². The smallest absolute Gasteiger partial charge is 0.184 e. The van der Waals surface area contributed by atoms with Crippen LogP contribution in [0.25, 0.3) is 0 Å². The summed E-state index contributed by atoms with van der Waals surface area (Å²) in [7, 11) is 0. The molecule has 1 fully saturated rings. The van der Waals surface area contributed by atoms with Crippen molar-refractivity contribution in [1.82, 2.24) is 0 Å². The Morgan fingerprint density at radius 1 is 0.629 bits per heavy atom. The second kappa shape index (κ2) is 12.9. The average Bonchev–Trinajstić information content (AvgIpc) is 2.91. The Hall–Kier alpha value is -2.62. The van der Waals surface area contributed by atoms with Crippen LogP contribution in [0.1, 0.15) is 16.7 Å². The molecule has 0 saturated carbocycles. The molecule has 1 heterocycles. The summed E-state index contributed by atoms with van der Waals surface area (Å²) in [5.74, 6) is 0. The lowest BCUT2D eigenvalue weighted by Gasteiger charge is -2.45. The molecule has 7 heteroatoms. The molecule has 4 rings (SSSR count). The Morgan fingerprint density at radius 3 is 1.46 bits per heavy atom. The second-order valence-corrected chi connectivity index (χ2v) is 8.52. The Kier molecular flexibility index (Phi) is 9.39. The summed E-state index contributed by atoms with van der Waals surface area (Å²) in [5, 5.41) is 31.0. The number of hydrogen-bond donors (Lipinski definition) is 3. The Labute approximate surface area is 205 Å². The summed E-state index contributed by atoms with van der Waals surface area (Å²) >= 11 is 0. The first kappa shape index (κ1) is 25.5. The van der Waals surface area contributed by atoms with Gasteiger partial charge in [-0.15, -0.1) is 0 Å². The largest absolute Gasteiger partial charge is 0.394 e. The number of hydrogen-bond acceptors (Lipinski definition) is 7. The highest BCUT2D eigenvalue weighted by Gasteiger charge is 2.50. The average molecular weight is 481 g/mol. The third kappa shape index (κ3) is 6.96. The molecule has 3 aromatic rings. The maximum atomic E-state index is 10.9. The lowest BCUT2D eigenvalue weighted by molar-refractivity contribution is -0.325. The monoisotopic (exact) mass is 480 g/mol. The van der Waals surface area contributed by atoms with E-state index in [-0.39, 0.29) is 19.8 Å². The molecule has 0 bridgehead atoms. The van der Waals surface area contributed by atoms with Crippen LogP contribution >= 0.6 is 0 Å². The van der Waals surface area contributed by atoms with E-state index in [0.29, 0.717) is 0 Å². The Balaban J connectivity index is 1.58. The second-order valence-electron chi connectivity index (χ2n) is 8.52. The molecule has 0 aliphatic carbocycles. The maximum absolute atomic E-state index is 10.9. The van der Waals surface area contributed by atoms with Crippen molar-refractivity contribution >= 4 is 0 Å². The van der Waals surface area contributed by atoms with Crippen LogP contribution in [-0.2, 0) is 38.8 Å². The molecule has 6 atom stereocenters. The van der Waals surface area contributed by atoms with Crippen LogP contribution in [0.2, 0.25) is 0 Å². The fraction of sp³-hybridized carbons (Fsp3) is 0.357.